The average molecular weight is 294 g/mol. The van der Waals surface area contributed by atoms with Gasteiger partial charge in [0.1, 0.15) is 11.7 Å². The average Bonchev–Trinajstić information content (AvgIpc) is 2.39. The van der Waals surface area contributed by atoms with Crippen LogP contribution >= 0.6 is 0 Å². The molecule has 0 saturated carbocycles. The van der Waals surface area contributed by atoms with Gasteiger partial charge in [-0.15, -0.1) is 0 Å². The number of esters is 1. The molecule has 21 heavy (non-hydrogen) atoms. The van der Waals surface area contributed by atoms with Crippen LogP contribution in [0.3, 0.4) is 0 Å². The number of methoxy groups -OCH3 is 1. The van der Waals surface area contributed by atoms with Crippen LogP contribution in [0.15, 0.2) is 21.1 Å². The second-order valence-electron chi connectivity index (χ2n) is 4.67. The second kappa shape index (κ2) is 9.74. The van der Waals surface area contributed by atoms with Gasteiger partial charge >= 0.3 is 5.97 Å². The highest BCUT2D eigenvalue weighted by atomic mass is 16.5. The molecule has 0 rings (SSSR count). The van der Waals surface area contributed by atoms with E-state index in [2.05, 4.69) is 14.7 Å². The van der Waals surface area contributed by atoms with Crippen LogP contribution < -0.4 is 0 Å². The number of aliphatic imine (C=N–C) groups is 2. The zero-order valence-electron chi connectivity index (χ0n) is 13.2. The third kappa shape index (κ3) is 7.29. The van der Waals surface area contributed by atoms with Crippen molar-refractivity contribution in [1.82, 2.24) is 0 Å². The predicted octanol–water partition coefficient (Wildman–Crippen LogP) is 1.43. The molecule has 1 atom stereocenters. The Labute approximate surface area is 125 Å². The van der Waals surface area contributed by atoms with Gasteiger partial charge in [-0.25, -0.2) is 0 Å². The Morgan fingerprint density at radius 3 is 2.05 bits per heavy atom. The van der Waals surface area contributed by atoms with Gasteiger partial charge in [-0.2, -0.15) is 0 Å². The Morgan fingerprint density at radius 1 is 1.05 bits per heavy atom. The van der Waals surface area contributed by atoms with Crippen LogP contribution in [-0.2, 0) is 19.1 Å². The van der Waals surface area contributed by atoms with E-state index in [9.17, 15) is 14.4 Å². The summed E-state index contributed by atoms with van der Waals surface area (Å²) in [6, 6.07) is 0. The van der Waals surface area contributed by atoms with Crippen LogP contribution in [0.2, 0.25) is 0 Å². The van der Waals surface area contributed by atoms with E-state index < -0.39 is 11.9 Å². The minimum absolute atomic E-state index is 0.0374. The molecule has 0 bridgehead atoms. The van der Waals surface area contributed by atoms with E-state index in [1.165, 1.54) is 33.4 Å². The molecule has 116 valence electrons. The van der Waals surface area contributed by atoms with Crippen LogP contribution in [0.5, 0.6) is 0 Å². The molecule has 0 aromatic carbocycles. The van der Waals surface area contributed by atoms with E-state index in [0.717, 1.165) is 5.57 Å². The third-order valence-corrected chi connectivity index (χ3v) is 2.64. The summed E-state index contributed by atoms with van der Waals surface area (Å²) in [5.74, 6) is -1.95. The molecule has 0 saturated heterocycles. The standard InChI is InChI=1S/C15H22N2O4/c1-10(2)13(11(3)18)8-16-6-7-17-9-14(12(4)19)15(20)21-5/h8-9,14H,6-7H2,1-5H3. The largest absolute Gasteiger partial charge is 0.468 e. The van der Waals surface area contributed by atoms with Crippen molar-refractivity contribution in [1.29, 1.82) is 0 Å². The first-order valence-electron chi connectivity index (χ1n) is 6.57. The summed E-state index contributed by atoms with van der Waals surface area (Å²) in [5.41, 5.74) is 1.48. The van der Waals surface area contributed by atoms with Gasteiger partial charge in [0.05, 0.1) is 20.2 Å². The van der Waals surface area contributed by atoms with Crippen molar-refractivity contribution in [3.63, 3.8) is 0 Å². The van der Waals surface area contributed by atoms with Gasteiger partial charge in [0.2, 0.25) is 0 Å². The lowest BCUT2D eigenvalue weighted by molar-refractivity contribution is -0.145. The molecule has 0 fully saturated rings. The minimum atomic E-state index is -0.968. The number of carbonyl (C=O) groups excluding carboxylic acids is 3. The molecule has 6 heteroatoms. The Hall–Kier alpha value is -2.11. The highest BCUT2D eigenvalue weighted by Gasteiger charge is 2.21. The molecule has 0 aromatic rings. The van der Waals surface area contributed by atoms with Crippen molar-refractivity contribution in [3.05, 3.63) is 11.1 Å². The molecule has 1 unspecified atom stereocenters. The van der Waals surface area contributed by atoms with Crippen molar-refractivity contribution in [3.8, 4) is 0 Å². The van der Waals surface area contributed by atoms with Crippen molar-refractivity contribution in [2.75, 3.05) is 20.2 Å². The number of carbonyl (C=O) groups is 3. The van der Waals surface area contributed by atoms with Gasteiger partial charge in [0, 0.05) is 18.0 Å². The number of rotatable bonds is 8. The summed E-state index contributed by atoms with van der Waals surface area (Å²) < 4.78 is 4.51. The first-order chi connectivity index (χ1) is 9.81. The molecule has 0 aromatic heterocycles. The lowest BCUT2D eigenvalue weighted by Gasteiger charge is -2.04. The summed E-state index contributed by atoms with van der Waals surface area (Å²) >= 11 is 0. The summed E-state index contributed by atoms with van der Waals surface area (Å²) in [5, 5.41) is 0. The molecule has 0 spiro atoms. The number of hydrogen-bond acceptors (Lipinski definition) is 6. The van der Waals surface area contributed by atoms with Gasteiger partial charge in [-0.1, -0.05) is 5.57 Å². The highest BCUT2D eigenvalue weighted by Crippen LogP contribution is 2.01. The number of ether oxygens (including phenoxy) is 1. The summed E-state index contributed by atoms with van der Waals surface area (Å²) in [6.45, 7) is 7.17. The summed E-state index contributed by atoms with van der Waals surface area (Å²) in [4.78, 5) is 41.9. The van der Waals surface area contributed by atoms with Crippen molar-refractivity contribution < 1.29 is 19.1 Å². The summed E-state index contributed by atoms with van der Waals surface area (Å²) in [7, 11) is 1.22. The molecular formula is C15H22N2O4. The molecule has 0 radical (unpaired) electrons. The second-order valence-corrected chi connectivity index (χ2v) is 4.67. The quantitative estimate of drug-likeness (QED) is 0.223. The van der Waals surface area contributed by atoms with E-state index in [1.54, 1.807) is 0 Å². The maximum absolute atomic E-state index is 11.3. The van der Waals surface area contributed by atoms with E-state index in [-0.39, 0.29) is 11.6 Å². The number of ketones is 2. The molecular weight excluding hydrogens is 272 g/mol. The fourth-order valence-electron chi connectivity index (χ4n) is 1.48. The number of hydrogen-bond donors (Lipinski definition) is 0. The van der Waals surface area contributed by atoms with E-state index in [0.29, 0.717) is 18.7 Å². The van der Waals surface area contributed by atoms with Crippen LogP contribution in [0.4, 0.5) is 0 Å². The normalized spacial score (nSPS) is 12.4. The number of Topliss-reactive ketones (excluding diaryl/α,β-unsaturated/α-hetero) is 2. The maximum atomic E-state index is 11.3. The predicted molar refractivity (Wildman–Crippen MR) is 82.0 cm³/mol. The van der Waals surface area contributed by atoms with Crippen LogP contribution in [0, 0.1) is 5.92 Å². The van der Waals surface area contributed by atoms with Crippen molar-refractivity contribution in [2.24, 2.45) is 15.9 Å². The maximum Gasteiger partial charge on any atom is 0.321 e. The first kappa shape index (κ1) is 18.9. The highest BCUT2D eigenvalue weighted by molar-refractivity contribution is 6.12. The van der Waals surface area contributed by atoms with Crippen LogP contribution in [0.25, 0.3) is 0 Å². The molecule has 0 N–H and O–H groups in total. The van der Waals surface area contributed by atoms with Gasteiger partial charge in [-0.3, -0.25) is 24.4 Å². The smallest absolute Gasteiger partial charge is 0.321 e. The van der Waals surface area contributed by atoms with Gasteiger partial charge in [-0.05, 0) is 27.7 Å². The molecule has 0 aliphatic carbocycles. The first-order valence-corrected chi connectivity index (χ1v) is 6.57. The Morgan fingerprint density at radius 2 is 1.62 bits per heavy atom. The third-order valence-electron chi connectivity index (χ3n) is 2.64. The Balaban J connectivity index is 4.47. The monoisotopic (exact) mass is 294 g/mol. The number of nitrogens with zero attached hydrogens (tertiary/aromatic N) is 2. The van der Waals surface area contributed by atoms with Crippen molar-refractivity contribution in [2.45, 2.75) is 27.7 Å². The van der Waals surface area contributed by atoms with E-state index in [4.69, 9.17) is 0 Å². The zero-order valence-corrected chi connectivity index (χ0v) is 13.2. The SMILES string of the molecule is COC(=O)C(C=NCCN=CC(C(C)=O)=C(C)C)C(C)=O. The van der Waals surface area contributed by atoms with Crippen LogP contribution in [-0.4, -0.2) is 50.2 Å². The zero-order chi connectivity index (χ0) is 16.4. The van der Waals surface area contributed by atoms with E-state index in [1.807, 2.05) is 13.8 Å². The lowest BCUT2D eigenvalue weighted by Crippen LogP contribution is -2.24. The van der Waals surface area contributed by atoms with E-state index >= 15 is 0 Å². The number of allylic oxidation sites excluding steroid dienone is 2. The molecule has 0 heterocycles. The minimum Gasteiger partial charge on any atom is -0.468 e. The van der Waals surface area contributed by atoms with Crippen LogP contribution in [0.1, 0.15) is 27.7 Å². The molecule has 0 amide bonds. The lowest BCUT2D eigenvalue weighted by atomic mass is 10.1. The molecule has 6 nitrogen and oxygen atoms in total. The van der Waals surface area contributed by atoms with Gasteiger partial charge in [0.15, 0.2) is 5.78 Å². The summed E-state index contributed by atoms with van der Waals surface area (Å²) in [6.07, 6.45) is 2.80. The Bertz CT molecular complexity index is 486. The van der Waals surface area contributed by atoms with Gasteiger partial charge < -0.3 is 4.74 Å². The Kier molecular flexibility index (Phi) is 8.76. The molecule has 0 aliphatic rings. The molecule has 0 aliphatic heterocycles. The topological polar surface area (TPSA) is 85.2 Å². The van der Waals surface area contributed by atoms with Crippen molar-refractivity contribution >= 4 is 30.0 Å². The van der Waals surface area contributed by atoms with Gasteiger partial charge in [0.25, 0.3) is 0 Å². The fourth-order valence-corrected chi connectivity index (χ4v) is 1.48. The fraction of sp³-hybridized carbons (Fsp3) is 0.533.